The van der Waals surface area contributed by atoms with E-state index in [-0.39, 0.29) is 17.4 Å². The monoisotopic (exact) mass is 288 g/mol. The summed E-state index contributed by atoms with van der Waals surface area (Å²) in [5, 5.41) is 0. The minimum atomic E-state index is -0.103. The molecule has 0 aliphatic carbocycles. The van der Waals surface area contributed by atoms with Crippen LogP contribution in [0.1, 0.15) is 49.9 Å². The Morgan fingerprint density at radius 2 is 2.00 bits per heavy atom. The van der Waals surface area contributed by atoms with E-state index >= 15 is 0 Å². The molecule has 1 aromatic rings. The van der Waals surface area contributed by atoms with Gasteiger partial charge < -0.3 is 10.6 Å². The lowest BCUT2D eigenvalue weighted by Gasteiger charge is -2.27. The van der Waals surface area contributed by atoms with Crippen LogP contribution >= 0.6 is 0 Å². The van der Waals surface area contributed by atoms with E-state index in [0.29, 0.717) is 18.9 Å². The number of hydrogen-bond acceptors (Lipinski definition) is 2. The second-order valence-electron chi connectivity index (χ2n) is 7.53. The molecule has 2 atom stereocenters. The van der Waals surface area contributed by atoms with Gasteiger partial charge in [0.25, 0.3) is 0 Å². The van der Waals surface area contributed by atoms with Gasteiger partial charge in [-0.25, -0.2) is 0 Å². The maximum atomic E-state index is 12.2. The lowest BCUT2D eigenvalue weighted by molar-refractivity contribution is -0.128. The van der Waals surface area contributed by atoms with Crippen molar-refractivity contribution in [3.8, 4) is 0 Å². The first-order chi connectivity index (χ1) is 9.68. The van der Waals surface area contributed by atoms with E-state index in [0.717, 1.165) is 12.1 Å². The van der Waals surface area contributed by atoms with E-state index in [4.69, 9.17) is 5.73 Å². The highest BCUT2D eigenvalue weighted by Crippen LogP contribution is 2.34. The molecule has 3 heteroatoms. The Morgan fingerprint density at radius 3 is 2.52 bits per heavy atom. The second kappa shape index (κ2) is 5.80. The van der Waals surface area contributed by atoms with Gasteiger partial charge in [-0.3, -0.25) is 4.79 Å². The number of amides is 1. The first-order valence-electron chi connectivity index (χ1n) is 7.79. The molecule has 0 spiro atoms. The highest BCUT2D eigenvalue weighted by Gasteiger charge is 2.37. The molecule has 1 aromatic carbocycles. The molecule has 0 radical (unpaired) electrons. The van der Waals surface area contributed by atoms with Crippen LogP contribution in [0.3, 0.4) is 0 Å². The molecule has 116 valence electrons. The number of likely N-dealkylation sites (tertiary alicyclic amines) is 1. The maximum Gasteiger partial charge on any atom is 0.223 e. The molecule has 1 saturated heterocycles. The van der Waals surface area contributed by atoms with E-state index in [1.807, 2.05) is 4.90 Å². The summed E-state index contributed by atoms with van der Waals surface area (Å²) in [4.78, 5) is 14.2. The average Bonchev–Trinajstić information content (AvgIpc) is 2.70. The Balaban J connectivity index is 2.06. The first-order valence-corrected chi connectivity index (χ1v) is 7.79. The van der Waals surface area contributed by atoms with Crippen molar-refractivity contribution in [1.82, 2.24) is 4.90 Å². The van der Waals surface area contributed by atoms with Gasteiger partial charge in [-0.15, -0.1) is 0 Å². The van der Waals surface area contributed by atoms with Crippen LogP contribution in [-0.2, 0) is 4.79 Å². The Morgan fingerprint density at radius 1 is 1.33 bits per heavy atom. The summed E-state index contributed by atoms with van der Waals surface area (Å²) in [6.45, 7) is 12.2. The van der Waals surface area contributed by atoms with Crippen LogP contribution in [0, 0.1) is 25.2 Å². The zero-order valence-electron chi connectivity index (χ0n) is 13.9. The third kappa shape index (κ3) is 3.65. The smallest absolute Gasteiger partial charge is 0.223 e. The highest BCUT2D eigenvalue weighted by molar-refractivity contribution is 5.78. The number of hydrogen-bond donors (Lipinski definition) is 1. The Bertz CT molecular complexity index is 531. The number of carbonyl (C=O) groups excluding carboxylic acids is 1. The molecule has 0 bridgehead atoms. The lowest BCUT2D eigenvalue weighted by atomic mass is 9.80. The molecule has 2 N–H and O–H groups in total. The predicted octanol–water partition coefficient (Wildman–Crippen LogP) is 3.20. The van der Waals surface area contributed by atoms with Gasteiger partial charge >= 0.3 is 0 Å². The third-order valence-electron chi connectivity index (χ3n) is 4.68. The van der Waals surface area contributed by atoms with Crippen LogP contribution in [0.2, 0.25) is 0 Å². The standard InChI is InChI=1S/C18H28N2O/c1-12-6-7-15(13(2)8-12)16(19)11-20-10-14(9-17(20)21)18(3,4)5/h6-8,14,16H,9-11,19H2,1-5H3. The van der Waals surface area contributed by atoms with Crippen LogP contribution in [0.4, 0.5) is 0 Å². The van der Waals surface area contributed by atoms with Gasteiger partial charge in [-0.1, -0.05) is 44.5 Å². The quantitative estimate of drug-likeness (QED) is 0.928. The van der Waals surface area contributed by atoms with Crippen LogP contribution in [-0.4, -0.2) is 23.9 Å². The highest BCUT2D eigenvalue weighted by atomic mass is 16.2. The molecule has 1 aliphatic rings. The molecule has 21 heavy (non-hydrogen) atoms. The van der Waals surface area contributed by atoms with Crippen molar-refractivity contribution in [2.24, 2.45) is 17.1 Å². The Kier molecular flexibility index (Phi) is 4.43. The summed E-state index contributed by atoms with van der Waals surface area (Å²) in [5.74, 6) is 0.673. The summed E-state index contributed by atoms with van der Waals surface area (Å²) in [6.07, 6.45) is 0.656. The van der Waals surface area contributed by atoms with E-state index in [9.17, 15) is 4.79 Å². The minimum Gasteiger partial charge on any atom is -0.340 e. The van der Waals surface area contributed by atoms with Crippen molar-refractivity contribution in [2.75, 3.05) is 13.1 Å². The van der Waals surface area contributed by atoms with Crippen molar-refractivity contribution < 1.29 is 4.79 Å². The van der Waals surface area contributed by atoms with Gasteiger partial charge in [0.15, 0.2) is 0 Å². The molecule has 0 saturated carbocycles. The zero-order chi connectivity index (χ0) is 15.8. The summed E-state index contributed by atoms with van der Waals surface area (Å²) in [5.41, 5.74) is 10.1. The number of nitrogens with two attached hydrogens (primary N) is 1. The SMILES string of the molecule is Cc1ccc(C(N)CN2CC(C(C)(C)C)CC2=O)c(C)c1. The number of benzene rings is 1. The van der Waals surface area contributed by atoms with Gasteiger partial charge in [0.05, 0.1) is 0 Å². The van der Waals surface area contributed by atoms with E-state index in [2.05, 4.69) is 52.8 Å². The molecule has 1 amide bonds. The van der Waals surface area contributed by atoms with Gasteiger partial charge in [0.2, 0.25) is 5.91 Å². The van der Waals surface area contributed by atoms with E-state index in [1.165, 1.54) is 11.1 Å². The number of rotatable bonds is 3. The molecule has 1 fully saturated rings. The third-order valence-corrected chi connectivity index (χ3v) is 4.68. The fourth-order valence-corrected chi connectivity index (χ4v) is 3.11. The van der Waals surface area contributed by atoms with Crippen LogP contribution in [0.25, 0.3) is 0 Å². The molecular weight excluding hydrogens is 260 g/mol. The molecule has 2 rings (SSSR count). The molecule has 0 aromatic heterocycles. The lowest BCUT2D eigenvalue weighted by Crippen LogP contribution is -2.34. The van der Waals surface area contributed by atoms with Crippen LogP contribution < -0.4 is 5.73 Å². The largest absolute Gasteiger partial charge is 0.340 e. The van der Waals surface area contributed by atoms with Gasteiger partial charge in [-0.2, -0.15) is 0 Å². The molecule has 3 nitrogen and oxygen atoms in total. The number of aryl methyl sites for hydroxylation is 2. The van der Waals surface area contributed by atoms with Gasteiger partial charge in [0, 0.05) is 25.6 Å². The van der Waals surface area contributed by atoms with Crippen molar-refractivity contribution in [3.05, 3.63) is 34.9 Å². The summed E-state index contributed by atoms with van der Waals surface area (Å²) in [6, 6.07) is 6.23. The second-order valence-corrected chi connectivity index (χ2v) is 7.53. The fourth-order valence-electron chi connectivity index (χ4n) is 3.11. The fraction of sp³-hybridized carbons (Fsp3) is 0.611. The first kappa shape index (κ1) is 16.0. The van der Waals surface area contributed by atoms with Crippen molar-refractivity contribution in [3.63, 3.8) is 0 Å². The summed E-state index contributed by atoms with van der Waals surface area (Å²) < 4.78 is 0. The minimum absolute atomic E-state index is 0.103. The molecule has 1 heterocycles. The number of nitrogens with zero attached hydrogens (tertiary/aromatic N) is 1. The zero-order valence-corrected chi connectivity index (χ0v) is 13.9. The Labute approximate surface area is 128 Å². The predicted molar refractivity (Wildman–Crippen MR) is 87.0 cm³/mol. The van der Waals surface area contributed by atoms with Crippen LogP contribution in [0.5, 0.6) is 0 Å². The van der Waals surface area contributed by atoms with Gasteiger partial charge in [0.1, 0.15) is 0 Å². The van der Waals surface area contributed by atoms with Crippen molar-refractivity contribution >= 4 is 5.91 Å². The van der Waals surface area contributed by atoms with Gasteiger partial charge in [-0.05, 0) is 36.3 Å². The number of carbonyl (C=O) groups is 1. The summed E-state index contributed by atoms with van der Waals surface area (Å²) in [7, 11) is 0. The average molecular weight is 288 g/mol. The molecule has 1 aliphatic heterocycles. The van der Waals surface area contributed by atoms with E-state index < -0.39 is 0 Å². The molecular formula is C18H28N2O. The topological polar surface area (TPSA) is 46.3 Å². The van der Waals surface area contributed by atoms with Crippen LogP contribution in [0.15, 0.2) is 18.2 Å². The van der Waals surface area contributed by atoms with E-state index in [1.54, 1.807) is 0 Å². The maximum absolute atomic E-state index is 12.2. The van der Waals surface area contributed by atoms with Crippen molar-refractivity contribution in [1.29, 1.82) is 0 Å². The Hall–Kier alpha value is -1.35. The normalized spacial score (nSPS) is 21.0. The van der Waals surface area contributed by atoms with Crippen molar-refractivity contribution in [2.45, 2.75) is 47.1 Å². The summed E-state index contributed by atoms with van der Waals surface area (Å²) >= 11 is 0. The molecule has 2 unspecified atom stereocenters.